The summed E-state index contributed by atoms with van der Waals surface area (Å²) in [6, 6.07) is -0.473. The van der Waals surface area contributed by atoms with Gasteiger partial charge in [-0.15, -0.1) is 4.33 Å². The second kappa shape index (κ2) is 34.8. The minimum atomic E-state index is -2.14. The van der Waals surface area contributed by atoms with Crippen LogP contribution in [0.15, 0.2) is 42.5 Å². The number of hydrogen-bond acceptors (Lipinski definition) is 22. The summed E-state index contributed by atoms with van der Waals surface area (Å²) in [5.41, 5.74) is 1.10. The zero-order valence-corrected chi connectivity index (χ0v) is 55.2. The number of carbonyl (C=O) groups excluding carboxylic acids is 7. The number of nitrogens with zero attached hydrogens (tertiary/aromatic N) is 5. The molecule has 6 aliphatic rings. The van der Waals surface area contributed by atoms with E-state index < -0.39 is 165 Å². The van der Waals surface area contributed by atoms with Gasteiger partial charge in [-0.05, 0) is 119 Å². The number of fused-ring (bicyclic) bond motifs is 2. The number of ether oxygens (including phenoxy) is 1. The number of nitrogens with one attached hydrogen (secondary N) is 5. The van der Waals surface area contributed by atoms with E-state index in [2.05, 4.69) is 57.5 Å². The second-order valence-corrected chi connectivity index (χ2v) is 25.4. The Hall–Kier alpha value is -5.47. The van der Waals surface area contributed by atoms with Gasteiger partial charge < -0.3 is 96.1 Å². The Morgan fingerprint density at radius 1 is 0.783 bits per heavy atom. The summed E-state index contributed by atoms with van der Waals surface area (Å²) in [6.45, 7) is 14.0. The Kier molecular flexibility index (Phi) is 28.0. The normalized spacial score (nSPS) is 31.0. The van der Waals surface area contributed by atoms with E-state index in [0.717, 1.165) is 98.4 Å². The SMILES string of the molecule is [C-]#[N+]C[C@@H](O)[C@@H]1NC(=O)[C@H]([C@H](O)Cc2ccc(O)c(OSOO[O-])c2)NC(=O)[C@@H]2C[C@H](O)CN2C(=O)[C@H]([C@H](C)O)NC(=O)[C@@H](NC(=O)c2ccc(N3CCN(C4CCC(C5CCC(OCCC)CC5)CC4)CC3)cc2)C[C@H](O)CNC(=O)[C@@H]2[C@@H](O)[C@H](C)CN2C1=O.[Na+]. The summed E-state index contributed by atoms with van der Waals surface area (Å²) < 4.78 is 15.2. The van der Waals surface area contributed by atoms with Crippen molar-refractivity contribution in [1.29, 1.82) is 0 Å². The van der Waals surface area contributed by atoms with Crippen molar-refractivity contribution in [3.63, 3.8) is 0 Å². The van der Waals surface area contributed by atoms with Crippen LogP contribution in [-0.2, 0) is 49.3 Å². The molecule has 12 N–H and O–H groups in total. The van der Waals surface area contributed by atoms with Crippen molar-refractivity contribution in [2.75, 3.05) is 63.9 Å². The number of piperazine rings is 1. The van der Waals surface area contributed by atoms with Crippen molar-refractivity contribution in [3.05, 3.63) is 65.0 Å². The first-order valence-electron chi connectivity index (χ1n) is 31.4. The number of benzene rings is 2. The number of aliphatic hydroxyl groups excluding tert-OH is 6. The van der Waals surface area contributed by atoms with E-state index in [-0.39, 0.29) is 65.3 Å². The summed E-state index contributed by atoms with van der Waals surface area (Å²) in [6.07, 6.45) is -0.972. The molecule has 6 fully saturated rings. The minimum Gasteiger partial charge on any atom is -0.691 e. The standard InChI is InChI=1S/C61H88N10O19S.Na/c1-5-24-87-43-17-11-37(12-18-43)36-7-13-39(14-8-36)68-20-22-69(23-21-68)40-15-9-38(10-16-40)55(79)64-44-27-41(73)29-63-59(83)53-54(78)33(2)31-71(53)61(85)52(48(77)30-62-4)67-58(82)51(47(76)25-35-6-19-46(75)49(26-35)88-91-90-89-86)66-57(81)45-28-42(74)32-70(45)60(84)50(34(3)72)65-56(44)80;/h6,9-10,15-16,19,26,33-34,36-37,39,41-45,47-48,50-54,72-78,86H,5,7-8,11-14,17-18,20-25,27-32H2,1-3H3,(H,63,83)(H,64,79)(H,65,80)(H,66,81)(H,67,82);/q;+1/p-1/t33-,34+,36?,37?,39?,41+,42+,43?,44+,45+,47-,48-,50+,51+,52+,53+,54+;/m1./s1. The zero-order chi connectivity index (χ0) is 65.6. The van der Waals surface area contributed by atoms with Gasteiger partial charge in [0.2, 0.25) is 42.0 Å². The molecule has 0 unspecified atom stereocenters. The van der Waals surface area contributed by atoms with Crippen LogP contribution in [0.25, 0.3) is 4.85 Å². The van der Waals surface area contributed by atoms with Gasteiger partial charge in [0.25, 0.3) is 18.2 Å². The van der Waals surface area contributed by atoms with Gasteiger partial charge in [-0.3, -0.25) is 43.5 Å². The maximum absolute atomic E-state index is 14.7. The van der Waals surface area contributed by atoms with Crippen LogP contribution < -0.4 is 70.5 Å². The van der Waals surface area contributed by atoms with Gasteiger partial charge in [-0.25, -0.2) is 6.57 Å². The predicted octanol–water partition coefficient (Wildman–Crippen LogP) is -4.90. The molecule has 4 heterocycles. The summed E-state index contributed by atoms with van der Waals surface area (Å²) in [5.74, 6) is -7.89. The molecular formula is C61H87N10NaO19S. The Morgan fingerprint density at radius 2 is 1.42 bits per heavy atom. The van der Waals surface area contributed by atoms with E-state index in [4.69, 9.17) is 15.5 Å². The molecule has 2 aliphatic carbocycles. The number of anilines is 1. The quantitative estimate of drug-likeness (QED) is 0.0166. The fourth-order valence-corrected chi connectivity index (χ4v) is 13.9. The Labute approximate surface area is 560 Å². The number of aromatic hydroxyl groups is 1. The first-order valence-corrected chi connectivity index (χ1v) is 32.1. The number of β-amino-alcohol motifs (C(OH)–C–C–N with tert-alkyl or cyclic N) is 1. The van der Waals surface area contributed by atoms with Crippen LogP contribution >= 0.6 is 12.3 Å². The molecule has 92 heavy (non-hydrogen) atoms. The van der Waals surface area contributed by atoms with Crippen LogP contribution in [0.5, 0.6) is 11.5 Å². The maximum Gasteiger partial charge on any atom is 1.00 e. The van der Waals surface area contributed by atoms with Crippen molar-refractivity contribution in [2.24, 2.45) is 17.8 Å². The Balaban J connectivity index is 0.0000120. The van der Waals surface area contributed by atoms with Crippen LogP contribution in [0, 0.1) is 24.3 Å². The predicted molar refractivity (Wildman–Crippen MR) is 323 cm³/mol. The number of carbonyl (C=O) groups is 7. The third kappa shape index (κ3) is 18.9. The van der Waals surface area contributed by atoms with E-state index in [1.54, 1.807) is 24.3 Å². The molecule has 2 saturated carbocycles. The average Bonchev–Trinajstić information content (AvgIpc) is 1.61. The van der Waals surface area contributed by atoms with Crippen molar-refractivity contribution < 1.29 is 122 Å². The smallest absolute Gasteiger partial charge is 0.691 e. The monoisotopic (exact) mass is 1320 g/mol. The van der Waals surface area contributed by atoms with Crippen LogP contribution in [0.1, 0.15) is 107 Å². The molecule has 0 spiro atoms. The molecular weight excluding hydrogens is 1230 g/mol. The van der Waals surface area contributed by atoms with E-state index in [0.29, 0.717) is 12.1 Å². The molecule has 8 rings (SSSR count). The summed E-state index contributed by atoms with van der Waals surface area (Å²) in [7, 11) is 0. The van der Waals surface area contributed by atoms with Crippen molar-refractivity contribution in [3.8, 4) is 11.5 Å². The van der Waals surface area contributed by atoms with Gasteiger partial charge >= 0.3 is 29.6 Å². The summed E-state index contributed by atoms with van der Waals surface area (Å²) in [4.78, 5) is 111. The molecule has 2 aromatic rings. The number of phenolic OH excluding ortho intramolecular Hbond substituents is 1. The molecule has 0 radical (unpaired) electrons. The van der Waals surface area contributed by atoms with Crippen LogP contribution in [0.4, 0.5) is 5.69 Å². The van der Waals surface area contributed by atoms with Crippen LogP contribution in [0.2, 0.25) is 0 Å². The first-order chi connectivity index (χ1) is 43.6. The molecule has 4 saturated heterocycles. The van der Waals surface area contributed by atoms with Gasteiger partial charge in [-0.2, -0.15) is 0 Å². The van der Waals surface area contributed by atoms with Crippen LogP contribution in [-0.4, -0.2) is 236 Å². The topological polar surface area (TPSA) is 399 Å². The summed E-state index contributed by atoms with van der Waals surface area (Å²) in [5, 5.41) is 104. The van der Waals surface area contributed by atoms with E-state index in [1.807, 2.05) is 0 Å². The third-order valence-electron chi connectivity index (χ3n) is 18.7. The third-order valence-corrected chi connectivity index (χ3v) is 19.0. The molecule has 31 heteroatoms. The molecule has 29 nitrogen and oxygen atoms in total. The molecule has 0 aromatic heterocycles. The largest absolute Gasteiger partial charge is 1.00 e. The number of aliphatic hydroxyl groups is 6. The molecule has 0 bridgehead atoms. The van der Waals surface area contributed by atoms with Crippen molar-refractivity contribution in [1.82, 2.24) is 41.3 Å². The minimum absolute atomic E-state index is 0. The summed E-state index contributed by atoms with van der Waals surface area (Å²) >= 11 is 0.0153. The van der Waals surface area contributed by atoms with Gasteiger partial charge in [0, 0.05) is 94.9 Å². The molecule has 7 amide bonds. The van der Waals surface area contributed by atoms with Gasteiger partial charge in [0.05, 0.1) is 36.6 Å². The van der Waals surface area contributed by atoms with Gasteiger partial charge in [0.1, 0.15) is 36.3 Å². The van der Waals surface area contributed by atoms with E-state index >= 15 is 0 Å². The first kappa shape index (κ1) is 73.9. The molecule has 4 aliphatic heterocycles. The molecule has 502 valence electrons. The Bertz CT molecular complexity index is 2860. The van der Waals surface area contributed by atoms with E-state index in [1.165, 1.54) is 51.5 Å². The number of rotatable bonds is 18. The average molecular weight is 1320 g/mol. The van der Waals surface area contributed by atoms with Crippen LogP contribution in [0.3, 0.4) is 0 Å². The second-order valence-electron chi connectivity index (χ2n) is 25.0. The maximum atomic E-state index is 14.7. The van der Waals surface area contributed by atoms with Gasteiger partial charge in [-0.1, -0.05) is 19.9 Å². The van der Waals surface area contributed by atoms with Crippen molar-refractivity contribution >= 4 is 59.4 Å². The van der Waals surface area contributed by atoms with Crippen molar-refractivity contribution in [2.45, 2.75) is 183 Å². The fourth-order valence-electron chi connectivity index (χ4n) is 13.7. The zero-order valence-electron chi connectivity index (χ0n) is 52.4. The Morgan fingerprint density at radius 3 is 2.07 bits per heavy atom. The number of amides is 7. The number of phenols is 1. The molecule has 2 aromatic carbocycles. The number of hydrogen-bond donors (Lipinski definition) is 12. The van der Waals surface area contributed by atoms with E-state index in [9.17, 15) is 74.6 Å². The fraction of sp³-hybridized carbons (Fsp3) is 0.672. The molecule has 13 atom stereocenters. The van der Waals surface area contributed by atoms with Gasteiger partial charge in [0.15, 0.2) is 17.6 Å².